The van der Waals surface area contributed by atoms with Gasteiger partial charge in [0.25, 0.3) is 5.91 Å². The summed E-state index contributed by atoms with van der Waals surface area (Å²) >= 11 is 6.43. The van der Waals surface area contributed by atoms with Gasteiger partial charge in [0.2, 0.25) is 0 Å². The number of aromatic nitrogens is 2. The Bertz CT molecular complexity index is 1330. The fourth-order valence-electron chi connectivity index (χ4n) is 3.85. The number of benzene rings is 3. The molecule has 0 saturated heterocycles. The van der Waals surface area contributed by atoms with Crippen molar-refractivity contribution in [2.45, 2.75) is 13.3 Å². The first-order valence-corrected chi connectivity index (χ1v) is 11.7. The quantitative estimate of drug-likeness (QED) is 0.312. The number of aryl methyl sites for hydroxylation is 1. The van der Waals surface area contributed by atoms with Gasteiger partial charge in [-0.2, -0.15) is 5.10 Å². The molecule has 0 spiro atoms. The van der Waals surface area contributed by atoms with Crippen LogP contribution in [0.15, 0.2) is 72.8 Å². The van der Waals surface area contributed by atoms with Crippen LogP contribution in [-0.2, 0) is 6.42 Å². The van der Waals surface area contributed by atoms with Gasteiger partial charge >= 0.3 is 0 Å². The first-order chi connectivity index (χ1) is 16.9. The maximum Gasteiger partial charge on any atom is 0.272 e. The third kappa shape index (κ3) is 5.33. The zero-order valence-electron chi connectivity index (χ0n) is 20.3. The summed E-state index contributed by atoms with van der Waals surface area (Å²) < 4.78 is 12.4. The fourth-order valence-corrected chi connectivity index (χ4v) is 4.08. The highest BCUT2D eigenvalue weighted by atomic mass is 35.5. The number of halogens is 1. The highest BCUT2D eigenvalue weighted by Crippen LogP contribution is 2.30. The molecule has 4 rings (SSSR count). The highest BCUT2D eigenvalue weighted by molar-refractivity contribution is 6.33. The molecule has 0 N–H and O–H groups in total. The van der Waals surface area contributed by atoms with Crippen LogP contribution < -0.4 is 9.47 Å². The molecule has 3 aromatic carbocycles. The number of nitrogens with zero attached hydrogens (tertiary/aromatic N) is 3. The minimum absolute atomic E-state index is 0.128. The first-order valence-electron chi connectivity index (χ1n) is 11.3. The fraction of sp³-hybridized carbons (Fsp3) is 0.214. The van der Waals surface area contributed by atoms with E-state index in [1.165, 1.54) is 0 Å². The normalized spacial score (nSPS) is 10.8. The van der Waals surface area contributed by atoms with E-state index < -0.39 is 0 Å². The van der Waals surface area contributed by atoms with Crippen LogP contribution >= 0.6 is 11.6 Å². The van der Waals surface area contributed by atoms with Gasteiger partial charge in [0.15, 0.2) is 11.5 Å². The summed E-state index contributed by atoms with van der Waals surface area (Å²) in [7, 11) is 5.02. The summed E-state index contributed by atoms with van der Waals surface area (Å²) in [5.74, 6) is 1.22. The van der Waals surface area contributed by atoms with E-state index in [-0.39, 0.29) is 5.91 Å². The second-order valence-corrected chi connectivity index (χ2v) is 8.72. The Morgan fingerprint density at radius 2 is 1.69 bits per heavy atom. The Labute approximate surface area is 210 Å². The van der Waals surface area contributed by atoms with Gasteiger partial charge in [-0.15, -0.1) is 0 Å². The van der Waals surface area contributed by atoms with Crippen LogP contribution in [0.25, 0.3) is 16.9 Å². The SMILES string of the molecule is COc1ccc(CCN(C)C(=O)c2cc(-c3ccccc3Cl)nn2-c2ccc(C)cc2)cc1OC. The Morgan fingerprint density at radius 3 is 2.37 bits per heavy atom. The second-order valence-electron chi connectivity index (χ2n) is 8.31. The largest absolute Gasteiger partial charge is 0.493 e. The summed E-state index contributed by atoms with van der Waals surface area (Å²) in [6.45, 7) is 2.55. The number of rotatable bonds is 8. The van der Waals surface area contributed by atoms with Crippen LogP contribution in [0.4, 0.5) is 0 Å². The van der Waals surface area contributed by atoms with Crippen molar-refractivity contribution >= 4 is 17.5 Å². The number of likely N-dealkylation sites (N-methyl/N-ethyl adjacent to an activating group) is 1. The number of hydrogen-bond donors (Lipinski definition) is 0. The molecule has 0 saturated carbocycles. The molecule has 180 valence electrons. The van der Waals surface area contributed by atoms with Crippen molar-refractivity contribution in [3.8, 4) is 28.4 Å². The molecule has 0 aliphatic rings. The average molecular weight is 490 g/mol. The van der Waals surface area contributed by atoms with Crippen molar-refractivity contribution in [3.63, 3.8) is 0 Å². The molecule has 0 aliphatic carbocycles. The molecule has 0 unspecified atom stereocenters. The number of ether oxygens (including phenoxy) is 2. The third-order valence-corrected chi connectivity index (χ3v) is 6.22. The first kappa shape index (κ1) is 24.4. The molecule has 1 aromatic heterocycles. The second kappa shape index (κ2) is 10.7. The number of amides is 1. The lowest BCUT2D eigenvalue weighted by molar-refractivity contribution is 0.0787. The molecule has 1 heterocycles. The third-order valence-electron chi connectivity index (χ3n) is 5.89. The summed E-state index contributed by atoms with van der Waals surface area (Å²) in [5.41, 5.74) is 4.89. The molecule has 0 aliphatic heterocycles. The minimum atomic E-state index is -0.128. The Hall–Kier alpha value is -3.77. The van der Waals surface area contributed by atoms with Gasteiger partial charge < -0.3 is 14.4 Å². The molecule has 35 heavy (non-hydrogen) atoms. The maximum atomic E-state index is 13.6. The van der Waals surface area contributed by atoms with Gasteiger partial charge in [-0.3, -0.25) is 4.79 Å². The van der Waals surface area contributed by atoms with Gasteiger partial charge in [-0.25, -0.2) is 4.68 Å². The molecule has 0 radical (unpaired) electrons. The van der Waals surface area contributed by atoms with Crippen LogP contribution in [0, 0.1) is 6.92 Å². The van der Waals surface area contributed by atoms with Gasteiger partial charge in [-0.1, -0.05) is 53.6 Å². The smallest absolute Gasteiger partial charge is 0.272 e. The van der Waals surface area contributed by atoms with E-state index >= 15 is 0 Å². The standard InChI is InChI=1S/C28H28ClN3O3/c1-19-9-12-21(13-10-19)32-25(18-24(30-32)22-7-5-6-8-23(22)29)28(33)31(2)16-15-20-11-14-26(34-3)27(17-20)35-4/h5-14,17-18H,15-16H2,1-4H3. The number of methoxy groups -OCH3 is 2. The van der Waals surface area contributed by atoms with Crippen molar-refractivity contribution in [1.82, 2.24) is 14.7 Å². The van der Waals surface area contributed by atoms with Crippen molar-refractivity contribution in [3.05, 3.63) is 94.6 Å². The molecule has 1 amide bonds. The van der Waals surface area contributed by atoms with Gasteiger partial charge in [0, 0.05) is 19.2 Å². The topological polar surface area (TPSA) is 56.6 Å². The molecule has 7 heteroatoms. The highest BCUT2D eigenvalue weighted by Gasteiger charge is 2.21. The van der Waals surface area contributed by atoms with Gasteiger partial charge in [0.1, 0.15) is 5.69 Å². The Kier molecular flexibility index (Phi) is 7.42. The van der Waals surface area contributed by atoms with E-state index in [2.05, 4.69) is 0 Å². The van der Waals surface area contributed by atoms with Crippen LogP contribution in [-0.4, -0.2) is 48.4 Å². The lowest BCUT2D eigenvalue weighted by atomic mass is 10.1. The Balaban J connectivity index is 1.62. The average Bonchev–Trinajstić information content (AvgIpc) is 3.32. The molecular formula is C28H28ClN3O3. The lowest BCUT2D eigenvalue weighted by Gasteiger charge is -2.18. The number of hydrogen-bond acceptors (Lipinski definition) is 4. The van der Waals surface area contributed by atoms with Crippen LogP contribution in [0.3, 0.4) is 0 Å². The molecule has 0 atom stereocenters. The zero-order chi connectivity index (χ0) is 24.9. The van der Waals surface area contributed by atoms with Crippen LogP contribution in [0.5, 0.6) is 11.5 Å². The van der Waals surface area contributed by atoms with E-state index in [0.29, 0.717) is 40.9 Å². The summed E-state index contributed by atoms with van der Waals surface area (Å²) in [4.78, 5) is 15.3. The van der Waals surface area contributed by atoms with Crippen molar-refractivity contribution in [2.75, 3.05) is 27.8 Å². The van der Waals surface area contributed by atoms with E-state index in [4.69, 9.17) is 26.2 Å². The van der Waals surface area contributed by atoms with E-state index in [1.54, 1.807) is 36.9 Å². The van der Waals surface area contributed by atoms with E-state index in [1.807, 2.05) is 73.7 Å². The van der Waals surface area contributed by atoms with Crippen LogP contribution in [0.1, 0.15) is 21.6 Å². The summed E-state index contributed by atoms with van der Waals surface area (Å²) in [6.07, 6.45) is 0.665. The molecule has 6 nitrogen and oxygen atoms in total. The molecular weight excluding hydrogens is 462 g/mol. The molecule has 4 aromatic rings. The maximum absolute atomic E-state index is 13.6. The van der Waals surface area contributed by atoms with Crippen molar-refractivity contribution in [1.29, 1.82) is 0 Å². The Morgan fingerprint density at radius 1 is 0.971 bits per heavy atom. The van der Waals surface area contributed by atoms with E-state index in [9.17, 15) is 4.79 Å². The molecule has 0 bridgehead atoms. The monoisotopic (exact) mass is 489 g/mol. The predicted molar refractivity (Wildman–Crippen MR) is 139 cm³/mol. The minimum Gasteiger partial charge on any atom is -0.493 e. The van der Waals surface area contributed by atoms with Crippen molar-refractivity contribution < 1.29 is 14.3 Å². The van der Waals surface area contributed by atoms with Crippen LogP contribution in [0.2, 0.25) is 5.02 Å². The molecule has 0 fully saturated rings. The van der Waals surface area contributed by atoms with Crippen molar-refractivity contribution in [2.24, 2.45) is 0 Å². The number of carbonyl (C=O) groups is 1. The van der Waals surface area contributed by atoms with Gasteiger partial charge in [-0.05, 0) is 55.3 Å². The van der Waals surface area contributed by atoms with Gasteiger partial charge in [0.05, 0.1) is 30.6 Å². The van der Waals surface area contributed by atoms with E-state index in [0.717, 1.165) is 22.4 Å². The summed E-state index contributed by atoms with van der Waals surface area (Å²) in [6, 6.07) is 23.0. The zero-order valence-corrected chi connectivity index (χ0v) is 21.0. The summed E-state index contributed by atoms with van der Waals surface area (Å²) in [5, 5.41) is 5.34. The lowest BCUT2D eigenvalue weighted by Crippen LogP contribution is -2.30. The predicted octanol–water partition coefficient (Wildman–Crippen LogP) is 5.83. The number of carbonyl (C=O) groups excluding carboxylic acids is 1.